The zero-order valence-electron chi connectivity index (χ0n) is 19.8. The average molecular weight is 435 g/mol. The van der Waals surface area contributed by atoms with Crippen LogP contribution in [0.1, 0.15) is 58.1 Å². The van der Waals surface area contributed by atoms with Gasteiger partial charge in [0.15, 0.2) is 0 Å². The van der Waals surface area contributed by atoms with E-state index in [4.69, 9.17) is 4.74 Å². The molecular weight excluding hydrogens is 400 g/mol. The van der Waals surface area contributed by atoms with Crippen molar-refractivity contribution in [3.63, 3.8) is 0 Å². The molecule has 5 rings (SSSR count). The lowest BCUT2D eigenvalue weighted by molar-refractivity contribution is -0.189. The molecule has 0 N–H and O–H groups in total. The minimum absolute atomic E-state index is 0.0111. The Labute approximate surface area is 191 Å². The molecule has 0 saturated carbocycles. The molecule has 3 saturated heterocycles. The Morgan fingerprint density at radius 1 is 0.906 bits per heavy atom. The standard InChI is InChI=1S/C27H34N2O3/c1-25(2,20-13-8-6-9-14-20)28-22-17-12-18-27(19-32-5,24(28)31)29(23(22)30)26(3,4)21-15-10-7-11-16-21/h6-11,13-16,22H,12,17-19H2,1-5H3/t22-,27+/m0/s1. The van der Waals surface area contributed by atoms with Crippen LogP contribution in [-0.2, 0) is 25.4 Å². The van der Waals surface area contributed by atoms with Gasteiger partial charge in [-0.1, -0.05) is 60.7 Å². The number of nitrogens with zero attached hydrogens (tertiary/aromatic N) is 2. The highest BCUT2D eigenvalue weighted by Gasteiger charge is 2.63. The van der Waals surface area contributed by atoms with E-state index in [0.717, 1.165) is 17.5 Å². The predicted octanol–water partition coefficient (Wildman–Crippen LogP) is 4.47. The molecule has 3 fully saturated rings. The van der Waals surface area contributed by atoms with Gasteiger partial charge in [0.2, 0.25) is 5.91 Å². The van der Waals surface area contributed by atoms with Crippen molar-refractivity contribution < 1.29 is 14.3 Å². The van der Waals surface area contributed by atoms with Gasteiger partial charge in [0, 0.05) is 7.11 Å². The molecule has 3 heterocycles. The first kappa shape index (κ1) is 22.5. The minimum atomic E-state index is -1.04. The van der Waals surface area contributed by atoms with E-state index < -0.39 is 22.7 Å². The van der Waals surface area contributed by atoms with Crippen molar-refractivity contribution in [3.05, 3.63) is 71.8 Å². The monoisotopic (exact) mass is 434 g/mol. The van der Waals surface area contributed by atoms with Crippen LogP contribution in [0.15, 0.2) is 60.7 Å². The van der Waals surface area contributed by atoms with Crippen LogP contribution in [0.25, 0.3) is 0 Å². The Hall–Kier alpha value is -2.66. The lowest BCUT2D eigenvalue weighted by Gasteiger charge is -2.58. The van der Waals surface area contributed by atoms with Crippen molar-refractivity contribution in [1.29, 1.82) is 0 Å². The fraction of sp³-hybridized carbons (Fsp3) is 0.481. The number of fused-ring (bicyclic) bond motifs is 4. The van der Waals surface area contributed by atoms with Crippen LogP contribution >= 0.6 is 0 Å². The maximum atomic E-state index is 14.4. The van der Waals surface area contributed by atoms with Crippen molar-refractivity contribution >= 4 is 11.8 Å². The highest BCUT2D eigenvalue weighted by molar-refractivity contribution is 6.01. The number of benzene rings is 2. The SMILES string of the molecule is COC[C@@]12CCC[C@@H](C(=O)N1C(C)(C)c1ccccc1)N(C(C)(C)c1ccccc1)C2=O. The second-order valence-electron chi connectivity index (χ2n) is 10.1. The second kappa shape index (κ2) is 8.04. The molecule has 2 bridgehead atoms. The van der Waals surface area contributed by atoms with Gasteiger partial charge in [-0.05, 0) is 58.1 Å². The smallest absolute Gasteiger partial charge is 0.252 e. The third-order valence-electron chi connectivity index (χ3n) is 7.43. The van der Waals surface area contributed by atoms with Crippen LogP contribution in [-0.4, -0.2) is 46.9 Å². The molecule has 170 valence electrons. The summed E-state index contributed by atoms with van der Waals surface area (Å²) in [7, 11) is 1.61. The molecule has 5 nitrogen and oxygen atoms in total. The van der Waals surface area contributed by atoms with Crippen molar-refractivity contribution in [2.24, 2.45) is 0 Å². The van der Waals surface area contributed by atoms with Crippen LogP contribution in [0.5, 0.6) is 0 Å². The summed E-state index contributed by atoms with van der Waals surface area (Å²) in [6.07, 6.45) is 2.06. The van der Waals surface area contributed by atoms with E-state index in [2.05, 4.69) is 0 Å². The van der Waals surface area contributed by atoms with E-state index in [-0.39, 0.29) is 18.4 Å². The zero-order valence-corrected chi connectivity index (χ0v) is 19.8. The van der Waals surface area contributed by atoms with Gasteiger partial charge in [-0.15, -0.1) is 0 Å². The van der Waals surface area contributed by atoms with E-state index in [1.165, 1.54) is 0 Å². The van der Waals surface area contributed by atoms with Gasteiger partial charge in [-0.2, -0.15) is 0 Å². The molecule has 5 heteroatoms. The Balaban J connectivity index is 1.88. The van der Waals surface area contributed by atoms with Gasteiger partial charge < -0.3 is 14.5 Å². The van der Waals surface area contributed by atoms with Crippen LogP contribution in [0.2, 0.25) is 0 Å². The van der Waals surface area contributed by atoms with Crippen molar-refractivity contribution in [1.82, 2.24) is 9.80 Å². The lowest BCUT2D eigenvalue weighted by atomic mass is 9.79. The lowest BCUT2D eigenvalue weighted by Crippen LogP contribution is -2.76. The predicted molar refractivity (Wildman–Crippen MR) is 125 cm³/mol. The summed E-state index contributed by atoms with van der Waals surface area (Å²) in [6, 6.07) is 19.5. The first-order valence-electron chi connectivity index (χ1n) is 11.5. The van der Waals surface area contributed by atoms with Crippen LogP contribution < -0.4 is 0 Å². The Bertz CT molecular complexity index is 986. The maximum absolute atomic E-state index is 14.4. The molecule has 3 aliphatic rings. The molecule has 2 amide bonds. The fourth-order valence-electron chi connectivity index (χ4n) is 5.84. The molecule has 2 aromatic carbocycles. The molecule has 2 aromatic rings. The van der Waals surface area contributed by atoms with Crippen molar-refractivity contribution in [2.75, 3.05) is 13.7 Å². The normalized spacial score (nSPS) is 24.1. The van der Waals surface area contributed by atoms with Crippen LogP contribution in [0.4, 0.5) is 0 Å². The zero-order chi connectivity index (χ0) is 23.1. The first-order chi connectivity index (χ1) is 15.2. The molecule has 0 unspecified atom stereocenters. The Morgan fingerprint density at radius 2 is 1.44 bits per heavy atom. The summed E-state index contributed by atoms with van der Waals surface area (Å²) in [5.41, 5.74) is -0.277. The number of piperazine rings is 1. The van der Waals surface area contributed by atoms with Crippen LogP contribution in [0.3, 0.4) is 0 Å². The summed E-state index contributed by atoms with van der Waals surface area (Å²) in [5.74, 6) is -0.00341. The van der Waals surface area contributed by atoms with E-state index >= 15 is 0 Å². The second-order valence-corrected chi connectivity index (χ2v) is 10.1. The van der Waals surface area contributed by atoms with E-state index in [1.54, 1.807) is 7.11 Å². The average Bonchev–Trinajstić information content (AvgIpc) is 3.01. The van der Waals surface area contributed by atoms with Gasteiger partial charge in [0.25, 0.3) is 5.91 Å². The first-order valence-corrected chi connectivity index (χ1v) is 11.5. The molecule has 32 heavy (non-hydrogen) atoms. The van der Waals surface area contributed by atoms with Gasteiger partial charge >= 0.3 is 0 Å². The number of rotatable bonds is 6. The number of hydrogen-bond acceptors (Lipinski definition) is 3. The number of carbonyl (C=O) groups is 2. The third-order valence-corrected chi connectivity index (χ3v) is 7.43. The number of ether oxygens (including phenoxy) is 1. The summed E-state index contributed by atoms with van der Waals surface area (Å²) >= 11 is 0. The van der Waals surface area contributed by atoms with E-state index in [1.807, 2.05) is 98.2 Å². The van der Waals surface area contributed by atoms with Crippen molar-refractivity contribution in [3.8, 4) is 0 Å². The number of hydrogen-bond donors (Lipinski definition) is 0. The maximum Gasteiger partial charge on any atom is 0.252 e. The fourth-order valence-corrected chi connectivity index (χ4v) is 5.84. The molecule has 0 aliphatic carbocycles. The summed E-state index contributed by atoms with van der Waals surface area (Å²) in [4.78, 5) is 32.4. The number of amides is 2. The molecule has 3 aliphatic heterocycles. The highest BCUT2D eigenvalue weighted by Crippen LogP contribution is 2.48. The third kappa shape index (κ3) is 3.25. The van der Waals surface area contributed by atoms with E-state index in [0.29, 0.717) is 12.8 Å². The molecule has 2 atom stereocenters. The van der Waals surface area contributed by atoms with E-state index in [9.17, 15) is 9.59 Å². The minimum Gasteiger partial charge on any atom is -0.382 e. The molecule has 0 spiro atoms. The molecule has 0 radical (unpaired) electrons. The van der Waals surface area contributed by atoms with Gasteiger partial charge in [-0.3, -0.25) is 9.59 Å². The summed E-state index contributed by atoms with van der Waals surface area (Å²) in [6.45, 7) is 8.35. The summed E-state index contributed by atoms with van der Waals surface area (Å²) in [5, 5.41) is 0. The van der Waals surface area contributed by atoms with Crippen LogP contribution in [0, 0.1) is 0 Å². The molecular formula is C27H34N2O3. The largest absolute Gasteiger partial charge is 0.382 e. The summed E-state index contributed by atoms with van der Waals surface area (Å²) < 4.78 is 5.66. The highest BCUT2D eigenvalue weighted by atomic mass is 16.5. The van der Waals surface area contributed by atoms with Crippen molar-refractivity contribution in [2.45, 2.75) is 69.6 Å². The molecule has 0 aromatic heterocycles. The number of carbonyl (C=O) groups excluding carboxylic acids is 2. The Morgan fingerprint density at radius 3 is 1.97 bits per heavy atom. The number of methoxy groups -OCH3 is 1. The van der Waals surface area contributed by atoms with Gasteiger partial charge in [-0.25, -0.2) is 0 Å². The van der Waals surface area contributed by atoms with Gasteiger partial charge in [0.05, 0.1) is 17.7 Å². The topological polar surface area (TPSA) is 49.9 Å². The van der Waals surface area contributed by atoms with Gasteiger partial charge in [0.1, 0.15) is 11.6 Å². The Kier molecular flexibility index (Phi) is 5.66. The quantitative estimate of drug-likeness (QED) is 0.674.